The number of carbonyl (C=O) groups excluding carboxylic acids is 1. The van der Waals surface area contributed by atoms with Crippen molar-refractivity contribution in [2.75, 3.05) is 6.16 Å². The molecule has 1 aliphatic heterocycles. The minimum absolute atomic E-state index is 0.316. The highest BCUT2D eigenvalue weighted by atomic mass is 31.1. The monoisotopic (exact) mass is 100 g/mol. The number of carbonyl (C=O) groups is 1. The molecular formula is C4H5OP. The van der Waals surface area contributed by atoms with Crippen LogP contribution in [0.4, 0.5) is 0 Å². The van der Waals surface area contributed by atoms with Crippen molar-refractivity contribution < 1.29 is 4.79 Å². The van der Waals surface area contributed by atoms with Crippen LogP contribution in [0.5, 0.6) is 0 Å². The van der Waals surface area contributed by atoms with Crippen molar-refractivity contribution in [3.05, 3.63) is 0 Å². The molecule has 1 aliphatic rings. The van der Waals surface area contributed by atoms with E-state index in [9.17, 15) is 4.79 Å². The maximum absolute atomic E-state index is 10.2. The van der Waals surface area contributed by atoms with E-state index in [4.69, 9.17) is 0 Å². The molecule has 0 spiro atoms. The lowest BCUT2D eigenvalue weighted by Crippen LogP contribution is -1.88. The third-order valence-electron chi connectivity index (χ3n) is 0.723. The summed E-state index contributed by atoms with van der Waals surface area (Å²) in [5.74, 6) is 2.05. The maximum atomic E-state index is 10.2. The molecule has 0 radical (unpaired) electrons. The number of Topliss-reactive ketones (excluding diaryl/α,β-unsaturated/α-hetero) is 1. The molecule has 0 amide bonds. The lowest BCUT2D eigenvalue weighted by Gasteiger charge is -1.70. The van der Waals surface area contributed by atoms with E-state index < -0.39 is 0 Å². The van der Waals surface area contributed by atoms with Crippen LogP contribution in [0.15, 0.2) is 0 Å². The molecule has 6 heavy (non-hydrogen) atoms. The van der Waals surface area contributed by atoms with Gasteiger partial charge in [-0.3, -0.25) is 4.79 Å². The standard InChI is InChI=1S/C4H5OP/c5-4-1-2-6-3-4/h3H,1-2H2. The zero-order valence-corrected chi connectivity index (χ0v) is 4.24. The van der Waals surface area contributed by atoms with E-state index in [1.807, 2.05) is 0 Å². The first-order valence-electron chi connectivity index (χ1n) is 1.92. The van der Waals surface area contributed by atoms with E-state index in [2.05, 4.69) is 0 Å². The van der Waals surface area contributed by atoms with E-state index in [0.29, 0.717) is 5.78 Å². The Hall–Kier alpha value is -0.160. The molecule has 32 valence electrons. The van der Waals surface area contributed by atoms with Gasteiger partial charge in [0.05, 0.1) is 0 Å². The van der Waals surface area contributed by atoms with Crippen LogP contribution >= 0.6 is 8.20 Å². The maximum Gasteiger partial charge on any atom is 0.160 e. The first kappa shape index (κ1) is 4.01. The minimum atomic E-state index is 0.316. The predicted molar refractivity (Wildman–Crippen MR) is 27.5 cm³/mol. The van der Waals surface area contributed by atoms with Crippen molar-refractivity contribution in [3.8, 4) is 0 Å². The quantitative estimate of drug-likeness (QED) is 0.409. The Balaban J connectivity index is 2.59. The summed E-state index contributed by atoms with van der Waals surface area (Å²) in [4.78, 5) is 10.2. The topological polar surface area (TPSA) is 17.1 Å². The van der Waals surface area contributed by atoms with Crippen molar-refractivity contribution in [2.24, 2.45) is 0 Å². The molecule has 0 N–H and O–H groups in total. The predicted octanol–water partition coefficient (Wildman–Crippen LogP) is 0.708. The second kappa shape index (κ2) is 1.53. The van der Waals surface area contributed by atoms with E-state index in [1.54, 1.807) is 5.80 Å². The first-order valence-corrected chi connectivity index (χ1v) is 3.07. The van der Waals surface area contributed by atoms with Crippen LogP contribution in [0.1, 0.15) is 6.42 Å². The smallest absolute Gasteiger partial charge is 0.160 e. The van der Waals surface area contributed by atoms with Gasteiger partial charge in [0.15, 0.2) is 5.78 Å². The molecule has 1 heterocycles. The summed E-state index contributed by atoms with van der Waals surface area (Å²) < 4.78 is 0. The van der Waals surface area contributed by atoms with Gasteiger partial charge < -0.3 is 0 Å². The molecule has 1 nitrogen and oxygen atoms in total. The van der Waals surface area contributed by atoms with Crippen LogP contribution in [-0.2, 0) is 4.79 Å². The van der Waals surface area contributed by atoms with Gasteiger partial charge in [-0.05, 0) is 6.16 Å². The lowest BCUT2D eigenvalue weighted by atomic mass is 10.4. The van der Waals surface area contributed by atoms with E-state index >= 15 is 0 Å². The van der Waals surface area contributed by atoms with E-state index in [0.717, 1.165) is 12.6 Å². The van der Waals surface area contributed by atoms with Gasteiger partial charge in [-0.1, -0.05) is 0 Å². The largest absolute Gasteiger partial charge is 0.294 e. The van der Waals surface area contributed by atoms with Crippen molar-refractivity contribution in [1.82, 2.24) is 0 Å². The number of hydrogen-bond acceptors (Lipinski definition) is 1. The van der Waals surface area contributed by atoms with Gasteiger partial charge >= 0.3 is 0 Å². The van der Waals surface area contributed by atoms with Gasteiger partial charge in [0, 0.05) is 12.2 Å². The third-order valence-corrected chi connectivity index (χ3v) is 1.67. The summed E-state index contributed by atoms with van der Waals surface area (Å²) in [6, 6.07) is 0. The Labute approximate surface area is 38.2 Å². The summed E-state index contributed by atoms with van der Waals surface area (Å²) in [5.41, 5.74) is 0. The van der Waals surface area contributed by atoms with Crippen molar-refractivity contribution in [1.29, 1.82) is 0 Å². The zero-order valence-electron chi connectivity index (χ0n) is 3.35. The molecule has 0 aliphatic carbocycles. The second-order valence-corrected chi connectivity index (χ2v) is 2.32. The average molecular weight is 100 g/mol. The summed E-state index contributed by atoms with van der Waals surface area (Å²) in [5, 5.41) is 0. The average Bonchev–Trinajstić information content (AvgIpc) is 1.86. The fourth-order valence-corrected chi connectivity index (χ4v) is 1.22. The molecule has 1 rings (SSSR count). The Bertz CT molecular complexity index is 95.7. The van der Waals surface area contributed by atoms with Crippen LogP contribution < -0.4 is 0 Å². The molecule has 0 saturated heterocycles. The van der Waals surface area contributed by atoms with Gasteiger partial charge in [-0.2, -0.15) is 0 Å². The highest BCUT2D eigenvalue weighted by Gasteiger charge is 1.99. The molecule has 0 aromatic rings. The zero-order chi connectivity index (χ0) is 4.41. The molecule has 2 heteroatoms. The molecule has 0 unspecified atom stereocenters. The van der Waals surface area contributed by atoms with Crippen molar-refractivity contribution in [2.45, 2.75) is 6.42 Å². The SMILES string of the molecule is O=C1C=PCC1. The molecule has 0 aromatic carbocycles. The van der Waals surface area contributed by atoms with Crippen molar-refractivity contribution in [3.63, 3.8) is 0 Å². The van der Waals surface area contributed by atoms with Crippen LogP contribution in [0.3, 0.4) is 0 Å². The van der Waals surface area contributed by atoms with Crippen LogP contribution in [0.25, 0.3) is 0 Å². The van der Waals surface area contributed by atoms with Gasteiger partial charge in [0.2, 0.25) is 0 Å². The Morgan fingerprint density at radius 2 is 2.67 bits per heavy atom. The Kier molecular flexibility index (Phi) is 1.02. The van der Waals surface area contributed by atoms with Crippen LogP contribution in [-0.4, -0.2) is 17.7 Å². The minimum Gasteiger partial charge on any atom is -0.294 e. The van der Waals surface area contributed by atoms with Crippen molar-refractivity contribution >= 4 is 19.8 Å². The molecule has 0 fully saturated rings. The van der Waals surface area contributed by atoms with Gasteiger partial charge in [-0.15, -0.1) is 8.20 Å². The fourth-order valence-electron chi connectivity index (χ4n) is 0.406. The normalized spacial score (nSPS) is 22.3. The molecule has 0 atom stereocenters. The fraction of sp³-hybridized carbons (Fsp3) is 0.500. The highest BCUT2D eigenvalue weighted by Crippen LogP contribution is 2.04. The number of ketones is 1. The van der Waals surface area contributed by atoms with Gasteiger partial charge in [0.25, 0.3) is 0 Å². The van der Waals surface area contributed by atoms with Gasteiger partial charge in [-0.25, -0.2) is 0 Å². The van der Waals surface area contributed by atoms with Crippen LogP contribution in [0.2, 0.25) is 0 Å². The summed E-state index contributed by atoms with van der Waals surface area (Å²) >= 11 is 0. The van der Waals surface area contributed by atoms with E-state index in [-0.39, 0.29) is 0 Å². The number of rotatable bonds is 0. The second-order valence-electron chi connectivity index (χ2n) is 1.25. The highest BCUT2D eigenvalue weighted by molar-refractivity contribution is 7.42. The molecule has 0 saturated carbocycles. The summed E-state index contributed by atoms with van der Waals surface area (Å²) in [7, 11) is 1.21. The molecule has 0 aromatic heterocycles. The Morgan fingerprint density at radius 3 is 2.83 bits per heavy atom. The number of hydrogen-bond donors (Lipinski definition) is 0. The molecular weight excluding hydrogens is 95.0 g/mol. The first-order chi connectivity index (χ1) is 2.89. The van der Waals surface area contributed by atoms with Gasteiger partial charge in [0.1, 0.15) is 0 Å². The van der Waals surface area contributed by atoms with Crippen LogP contribution in [0, 0.1) is 0 Å². The Morgan fingerprint density at radius 1 is 1.83 bits per heavy atom. The summed E-state index contributed by atoms with van der Waals surface area (Å²) in [6.45, 7) is 0. The van der Waals surface area contributed by atoms with E-state index in [1.165, 1.54) is 8.20 Å². The third kappa shape index (κ3) is 0.662. The molecule has 0 bridgehead atoms. The summed E-state index contributed by atoms with van der Waals surface area (Å²) in [6.07, 6.45) is 1.83. The lowest BCUT2D eigenvalue weighted by molar-refractivity contribution is -0.111.